The van der Waals surface area contributed by atoms with Gasteiger partial charge in [0.25, 0.3) is 5.56 Å². The highest BCUT2D eigenvalue weighted by molar-refractivity contribution is 5.71. The average Bonchev–Trinajstić information content (AvgIpc) is 3.20. The van der Waals surface area contributed by atoms with Crippen LogP contribution in [0.15, 0.2) is 11.1 Å². The van der Waals surface area contributed by atoms with Crippen LogP contribution >= 0.6 is 0 Å². The van der Waals surface area contributed by atoms with E-state index in [4.69, 9.17) is 17.6 Å². The van der Waals surface area contributed by atoms with Gasteiger partial charge in [-0.1, -0.05) is 11.8 Å². The summed E-state index contributed by atoms with van der Waals surface area (Å²) in [7, 11) is 0. The average molecular weight is 327 g/mol. The van der Waals surface area contributed by atoms with Gasteiger partial charge in [-0.15, -0.1) is 12.8 Å². The summed E-state index contributed by atoms with van der Waals surface area (Å²) in [5, 5.41) is 9.21. The number of nitrogens with zero attached hydrogens (tertiary/aromatic N) is 4. The van der Waals surface area contributed by atoms with Gasteiger partial charge in [-0.3, -0.25) is 14.3 Å². The minimum Gasteiger partial charge on any atom is -0.394 e. The second-order valence-electron chi connectivity index (χ2n) is 5.45. The number of ether oxygens (including phenoxy) is 1. The van der Waals surface area contributed by atoms with E-state index in [0.717, 1.165) is 6.42 Å². The number of rotatable bonds is 5. The molecular formula is C16H17N5O3. The van der Waals surface area contributed by atoms with Crippen LogP contribution in [0.2, 0.25) is 0 Å². The van der Waals surface area contributed by atoms with E-state index in [2.05, 4.69) is 26.8 Å². The zero-order valence-corrected chi connectivity index (χ0v) is 13.0. The number of fused-ring (bicyclic) bond motifs is 1. The molecule has 0 radical (unpaired) electrons. The topological polar surface area (TPSA) is 96.3 Å². The Morgan fingerprint density at radius 1 is 1.42 bits per heavy atom. The van der Waals surface area contributed by atoms with Crippen molar-refractivity contribution in [1.29, 1.82) is 0 Å². The van der Waals surface area contributed by atoms with Gasteiger partial charge in [0, 0.05) is 0 Å². The monoisotopic (exact) mass is 327 g/mol. The zero-order chi connectivity index (χ0) is 17.1. The minimum absolute atomic E-state index is 0.0412. The molecule has 0 unspecified atom stereocenters. The number of imidazole rings is 1. The maximum Gasteiger partial charge on any atom is 0.280 e. The molecular weight excluding hydrogens is 310 g/mol. The summed E-state index contributed by atoms with van der Waals surface area (Å²) >= 11 is 0. The number of terminal acetylenes is 2. The summed E-state index contributed by atoms with van der Waals surface area (Å²) in [5.74, 6) is 5.27. The molecule has 3 rings (SSSR count). The number of anilines is 1. The number of aliphatic hydroxyl groups excluding tert-OH is 1. The molecule has 1 saturated heterocycles. The van der Waals surface area contributed by atoms with E-state index in [1.54, 1.807) is 9.47 Å². The van der Waals surface area contributed by atoms with Gasteiger partial charge >= 0.3 is 0 Å². The number of hydrogen-bond acceptors (Lipinski definition) is 6. The molecule has 2 aromatic heterocycles. The van der Waals surface area contributed by atoms with Crippen molar-refractivity contribution < 1.29 is 9.84 Å². The fourth-order valence-corrected chi connectivity index (χ4v) is 2.73. The molecule has 2 aromatic rings. The van der Waals surface area contributed by atoms with Gasteiger partial charge in [-0.25, -0.2) is 4.98 Å². The van der Waals surface area contributed by atoms with E-state index in [1.165, 1.54) is 6.33 Å². The van der Waals surface area contributed by atoms with Gasteiger partial charge < -0.3 is 14.7 Å². The van der Waals surface area contributed by atoms with Crippen molar-refractivity contribution in [2.24, 2.45) is 0 Å². The molecule has 0 bridgehead atoms. The predicted molar refractivity (Wildman–Crippen MR) is 88.3 cm³/mol. The van der Waals surface area contributed by atoms with E-state index in [1.807, 2.05) is 0 Å². The fraction of sp³-hybridized carbons (Fsp3) is 0.438. The Bertz CT molecular complexity index is 856. The highest BCUT2D eigenvalue weighted by atomic mass is 16.5. The van der Waals surface area contributed by atoms with Crippen molar-refractivity contribution in [2.45, 2.75) is 25.2 Å². The lowest BCUT2D eigenvalue weighted by Crippen LogP contribution is -2.28. The number of nitrogens with one attached hydrogen (secondary N) is 1. The van der Waals surface area contributed by atoms with Crippen molar-refractivity contribution in [2.75, 3.05) is 24.6 Å². The minimum atomic E-state index is -0.371. The van der Waals surface area contributed by atoms with Crippen LogP contribution in [-0.2, 0) is 4.74 Å². The fourth-order valence-electron chi connectivity index (χ4n) is 2.73. The Morgan fingerprint density at radius 2 is 2.17 bits per heavy atom. The molecule has 2 atom stereocenters. The second-order valence-corrected chi connectivity index (χ2v) is 5.45. The first kappa shape index (κ1) is 16.1. The zero-order valence-electron chi connectivity index (χ0n) is 13.0. The summed E-state index contributed by atoms with van der Waals surface area (Å²) in [6, 6.07) is 0. The first-order valence-electron chi connectivity index (χ1n) is 7.53. The number of hydrogen-bond donors (Lipinski definition) is 2. The Balaban J connectivity index is 2.03. The van der Waals surface area contributed by atoms with Crippen LogP contribution in [0.5, 0.6) is 0 Å². The maximum atomic E-state index is 12.3. The van der Waals surface area contributed by atoms with Crippen LogP contribution in [0.1, 0.15) is 19.1 Å². The van der Waals surface area contributed by atoms with Crippen LogP contribution in [0.3, 0.4) is 0 Å². The molecule has 1 aliphatic heterocycles. The molecule has 2 N–H and O–H groups in total. The molecule has 124 valence electrons. The lowest BCUT2D eigenvalue weighted by molar-refractivity contribution is -0.0207. The second kappa shape index (κ2) is 6.75. The number of H-pyrrole nitrogens is 1. The van der Waals surface area contributed by atoms with Crippen LogP contribution in [0, 0.1) is 24.7 Å². The van der Waals surface area contributed by atoms with Crippen molar-refractivity contribution in [1.82, 2.24) is 19.5 Å². The van der Waals surface area contributed by atoms with E-state index in [0.29, 0.717) is 18.0 Å². The molecule has 24 heavy (non-hydrogen) atoms. The number of aromatic amines is 1. The van der Waals surface area contributed by atoms with Gasteiger partial charge in [0.05, 0.1) is 32.1 Å². The van der Waals surface area contributed by atoms with E-state index in [9.17, 15) is 9.90 Å². The smallest absolute Gasteiger partial charge is 0.280 e. The van der Waals surface area contributed by atoms with Gasteiger partial charge in [0.2, 0.25) is 5.95 Å². The van der Waals surface area contributed by atoms with E-state index >= 15 is 0 Å². The van der Waals surface area contributed by atoms with Gasteiger partial charge in [-0.05, 0) is 12.8 Å². The van der Waals surface area contributed by atoms with E-state index in [-0.39, 0.29) is 43.1 Å². The molecule has 8 heteroatoms. The molecule has 0 spiro atoms. The highest BCUT2D eigenvalue weighted by Gasteiger charge is 2.28. The van der Waals surface area contributed by atoms with Crippen LogP contribution in [0.4, 0.5) is 5.95 Å². The molecule has 0 aliphatic carbocycles. The third kappa shape index (κ3) is 2.85. The van der Waals surface area contributed by atoms with Crippen LogP contribution < -0.4 is 10.5 Å². The van der Waals surface area contributed by atoms with Crippen LogP contribution in [0.25, 0.3) is 11.2 Å². The Kier molecular flexibility index (Phi) is 4.52. The standard InChI is InChI=1S/C16H17N5O3/c1-3-7-20(8-4-2)16-18-14-13(15(23)19-16)17-10-21(14)12-6-5-11(9-22)24-12/h1-2,10-12,22H,5-9H2,(H,18,19,23)/t11-,12+/m0/s1. The van der Waals surface area contributed by atoms with Gasteiger partial charge in [0.15, 0.2) is 11.2 Å². The number of aliphatic hydroxyl groups is 1. The lowest BCUT2D eigenvalue weighted by Gasteiger charge is -2.18. The summed E-state index contributed by atoms with van der Waals surface area (Å²) in [4.78, 5) is 25.1. The predicted octanol–water partition coefficient (Wildman–Crippen LogP) is -0.138. The summed E-state index contributed by atoms with van der Waals surface area (Å²) in [6.07, 6.45) is 13.1. The lowest BCUT2D eigenvalue weighted by atomic mass is 10.2. The largest absolute Gasteiger partial charge is 0.394 e. The Morgan fingerprint density at radius 3 is 2.79 bits per heavy atom. The third-order valence-electron chi connectivity index (χ3n) is 3.88. The van der Waals surface area contributed by atoms with Crippen molar-refractivity contribution in [3.05, 3.63) is 16.7 Å². The summed E-state index contributed by atoms with van der Waals surface area (Å²) in [6.45, 7) is 0.402. The molecule has 0 amide bonds. The Labute approximate surface area is 138 Å². The Hall–Kier alpha value is -2.81. The van der Waals surface area contributed by atoms with Gasteiger partial charge in [-0.2, -0.15) is 4.98 Å². The third-order valence-corrected chi connectivity index (χ3v) is 3.88. The summed E-state index contributed by atoms with van der Waals surface area (Å²) < 4.78 is 7.44. The molecule has 1 fully saturated rings. The highest BCUT2D eigenvalue weighted by Crippen LogP contribution is 2.29. The molecule has 0 saturated carbocycles. The van der Waals surface area contributed by atoms with Crippen molar-refractivity contribution in [3.63, 3.8) is 0 Å². The maximum absolute atomic E-state index is 12.3. The van der Waals surface area contributed by atoms with Crippen molar-refractivity contribution in [3.8, 4) is 24.7 Å². The molecule has 1 aliphatic rings. The first-order valence-corrected chi connectivity index (χ1v) is 7.53. The number of aromatic nitrogens is 4. The molecule has 0 aromatic carbocycles. The van der Waals surface area contributed by atoms with Gasteiger partial charge in [0.1, 0.15) is 6.23 Å². The normalized spacial score (nSPS) is 20.0. The van der Waals surface area contributed by atoms with Crippen LogP contribution in [-0.4, -0.2) is 50.4 Å². The van der Waals surface area contributed by atoms with E-state index < -0.39 is 0 Å². The molecule has 8 nitrogen and oxygen atoms in total. The quantitative estimate of drug-likeness (QED) is 0.742. The SMILES string of the molecule is C#CCN(CC#C)c1nc2c(ncn2[C@H]2CC[C@@H](CO)O2)c(=O)[nH]1. The first-order chi connectivity index (χ1) is 11.7. The van der Waals surface area contributed by atoms with Crippen molar-refractivity contribution >= 4 is 17.1 Å². The summed E-state index contributed by atoms with van der Waals surface area (Å²) in [5.41, 5.74) is 0.247. The molecule has 3 heterocycles.